The molecule has 1 amide bonds. The molecule has 1 heterocycles. The molecule has 3 atom stereocenters. The summed E-state index contributed by atoms with van der Waals surface area (Å²) < 4.78 is 10.3. The van der Waals surface area contributed by atoms with Crippen molar-refractivity contribution in [2.45, 2.75) is 38.3 Å². The first-order chi connectivity index (χ1) is 9.61. The monoisotopic (exact) mass is 281 g/mol. The number of nitrogens with one attached hydrogen (secondary N) is 1. The van der Waals surface area contributed by atoms with Gasteiger partial charge in [0.2, 0.25) is 6.10 Å². The zero-order valence-corrected chi connectivity index (χ0v) is 11.4. The van der Waals surface area contributed by atoms with Crippen molar-refractivity contribution in [3.8, 4) is 0 Å². The van der Waals surface area contributed by atoms with Gasteiger partial charge in [0.1, 0.15) is 5.76 Å². The Morgan fingerprint density at radius 1 is 1.60 bits per heavy atom. The fourth-order valence-electron chi connectivity index (χ4n) is 2.29. The number of aliphatic carboxylic acids is 1. The van der Waals surface area contributed by atoms with Crippen molar-refractivity contribution in [1.82, 2.24) is 5.32 Å². The second-order valence-electron chi connectivity index (χ2n) is 4.90. The molecule has 0 bridgehead atoms. The Kier molecular flexibility index (Phi) is 4.65. The van der Waals surface area contributed by atoms with Crippen molar-refractivity contribution in [3.05, 3.63) is 24.0 Å². The molecule has 110 valence electrons. The second kappa shape index (κ2) is 6.45. The van der Waals surface area contributed by atoms with Crippen LogP contribution >= 0.6 is 0 Å². The Morgan fingerprint density at radius 3 is 3.00 bits per heavy atom. The van der Waals surface area contributed by atoms with Gasteiger partial charge in [0.25, 0.3) is 0 Å². The van der Waals surface area contributed by atoms with Crippen LogP contribution in [0.1, 0.15) is 26.2 Å². The van der Waals surface area contributed by atoms with E-state index in [2.05, 4.69) is 12.2 Å². The molecule has 0 radical (unpaired) electrons. The summed E-state index contributed by atoms with van der Waals surface area (Å²) in [5.41, 5.74) is 0. The summed E-state index contributed by atoms with van der Waals surface area (Å²) in [6, 6.07) is -0.537. The number of cyclic esters (lactones) is 1. The van der Waals surface area contributed by atoms with Crippen LogP contribution in [0.25, 0.3) is 0 Å². The molecular weight excluding hydrogens is 262 g/mol. The minimum Gasteiger partial charge on any atom is -0.494 e. The number of ether oxygens (including phenoxy) is 2. The van der Waals surface area contributed by atoms with E-state index in [0.29, 0.717) is 13.0 Å². The molecule has 2 rings (SSSR count). The SMILES string of the molecule is CCCCOC1=CCC([C@H]2NC(=O)OC2C(=O)O)C=C1. The third-order valence-corrected chi connectivity index (χ3v) is 3.41. The number of carbonyl (C=O) groups is 2. The lowest BCUT2D eigenvalue weighted by Gasteiger charge is -2.23. The topological polar surface area (TPSA) is 84.9 Å². The van der Waals surface area contributed by atoms with Gasteiger partial charge in [-0.25, -0.2) is 9.59 Å². The number of carbonyl (C=O) groups excluding carboxylic acids is 1. The van der Waals surface area contributed by atoms with E-state index >= 15 is 0 Å². The summed E-state index contributed by atoms with van der Waals surface area (Å²) in [6.45, 7) is 2.78. The van der Waals surface area contributed by atoms with E-state index in [0.717, 1.165) is 18.6 Å². The fourth-order valence-corrected chi connectivity index (χ4v) is 2.29. The van der Waals surface area contributed by atoms with Crippen LogP contribution < -0.4 is 5.32 Å². The number of carboxylic acids is 1. The first-order valence-corrected chi connectivity index (χ1v) is 6.83. The van der Waals surface area contributed by atoms with E-state index < -0.39 is 24.2 Å². The molecule has 20 heavy (non-hydrogen) atoms. The maximum Gasteiger partial charge on any atom is 0.408 e. The number of unbranched alkanes of at least 4 members (excludes halogenated alkanes) is 1. The third-order valence-electron chi connectivity index (χ3n) is 3.41. The van der Waals surface area contributed by atoms with E-state index in [4.69, 9.17) is 14.6 Å². The van der Waals surface area contributed by atoms with Gasteiger partial charge in [0.05, 0.1) is 12.6 Å². The summed E-state index contributed by atoms with van der Waals surface area (Å²) in [5.74, 6) is -0.427. The summed E-state index contributed by atoms with van der Waals surface area (Å²) >= 11 is 0. The van der Waals surface area contributed by atoms with Gasteiger partial charge < -0.3 is 19.9 Å². The molecule has 0 aromatic rings. The molecular formula is C14H19NO5. The van der Waals surface area contributed by atoms with E-state index in [9.17, 15) is 9.59 Å². The van der Waals surface area contributed by atoms with Crippen molar-refractivity contribution in [3.63, 3.8) is 0 Å². The van der Waals surface area contributed by atoms with E-state index in [1.165, 1.54) is 0 Å². The maximum absolute atomic E-state index is 11.2. The van der Waals surface area contributed by atoms with Crippen LogP contribution in [0.3, 0.4) is 0 Å². The van der Waals surface area contributed by atoms with Gasteiger partial charge in [0.15, 0.2) is 0 Å². The largest absolute Gasteiger partial charge is 0.494 e. The van der Waals surface area contributed by atoms with Crippen molar-refractivity contribution in [2.24, 2.45) is 5.92 Å². The quantitative estimate of drug-likeness (QED) is 0.725. The van der Waals surface area contributed by atoms with Gasteiger partial charge in [-0.15, -0.1) is 0 Å². The molecule has 1 aliphatic carbocycles. The standard InChI is InChI=1S/C14H19NO5/c1-2-3-8-19-10-6-4-9(5-7-10)11-12(13(16)17)20-14(18)15-11/h4,6-7,9,11-12H,2-3,5,8H2,1H3,(H,15,18)(H,16,17)/t9?,11-,12?/m1/s1. The first-order valence-electron chi connectivity index (χ1n) is 6.83. The van der Waals surface area contributed by atoms with Crippen LogP contribution in [0, 0.1) is 5.92 Å². The Hall–Kier alpha value is -1.98. The van der Waals surface area contributed by atoms with Crippen LogP contribution in [0.4, 0.5) is 4.79 Å². The zero-order chi connectivity index (χ0) is 14.5. The summed E-state index contributed by atoms with van der Waals surface area (Å²) in [5, 5.41) is 11.6. The Bertz CT molecular complexity index is 443. The Morgan fingerprint density at radius 2 is 2.40 bits per heavy atom. The van der Waals surface area contributed by atoms with Crippen LogP contribution in [0.5, 0.6) is 0 Å². The van der Waals surface area contributed by atoms with Crippen molar-refractivity contribution in [2.75, 3.05) is 6.61 Å². The average molecular weight is 281 g/mol. The Balaban J connectivity index is 1.91. The molecule has 6 heteroatoms. The van der Waals surface area contributed by atoms with Crippen LogP contribution in [-0.2, 0) is 14.3 Å². The van der Waals surface area contributed by atoms with E-state index in [1.807, 2.05) is 18.2 Å². The van der Waals surface area contributed by atoms with E-state index in [1.54, 1.807) is 0 Å². The van der Waals surface area contributed by atoms with Gasteiger partial charge in [-0.1, -0.05) is 19.4 Å². The molecule has 0 spiro atoms. The predicted octanol–water partition coefficient (Wildman–Crippen LogP) is 1.82. The minimum atomic E-state index is -1.13. The highest BCUT2D eigenvalue weighted by atomic mass is 16.6. The maximum atomic E-state index is 11.2. The average Bonchev–Trinajstić information content (AvgIpc) is 2.82. The number of amides is 1. The lowest BCUT2D eigenvalue weighted by Crippen LogP contribution is -2.42. The smallest absolute Gasteiger partial charge is 0.408 e. The normalized spacial score (nSPS) is 28.6. The molecule has 1 aliphatic heterocycles. The van der Waals surface area contributed by atoms with Crippen LogP contribution in [-0.4, -0.2) is 35.9 Å². The summed E-state index contributed by atoms with van der Waals surface area (Å²) in [4.78, 5) is 22.2. The van der Waals surface area contributed by atoms with Crippen molar-refractivity contribution < 1.29 is 24.2 Å². The molecule has 0 aromatic heterocycles. The first kappa shape index (κ1) is 14.4. The molecule has 0 saturated carbocycles. The molecule has 1 saturated heterocycles. The van der Waals surface area contributed by atoms with Crippen molar-refractivity contribution >= 4 is 12.1 Å². The van der Waals surface area contributed by atoms with Crippen molar-refractivity contribution in [1.29, 1.82) is 0 Å². The van der Waals surface area contributed by atoms with Crippen LogP contribution in [0.2, 0.25) is 0 Å². The second-order valence-corrected chi connectivity index (χ2v) is 4.90. The van der Waals surface area contributed by atoms with Crippen LogP contribution in [0.15, 0.2) is 24.0 Å². The molecule has 2 unspecified atom stereocenters. The van der Waals surface area contributed by atoms with Gasteiger partial charge in [-0.05, 0) is 25.0 Å². The highest BCUT2D eigenvalue weighted by molar-refractivity contribution is 5.82. The minimum absolute atomic E-state index is 0.0962. The molecule has 6 nitrogen and oxygen atoms in total. The number of alkyl carbamates (subject to hydrolysis) is 1. The number of hydrogen-bond acceptors (Lipinski definition) is 4. The molecule has 1 fully saturated rings. The van der Waals surface area contributed by atoms with Gasteiger partial charge in [-0.3, -0.25) is 0 Å². The van der Waals surface area contributed by atoms with Gasteiger partial charge in [0, 0.05) is 5.92 Å². The molecule has 0 aromatic carbocycles. The van der Waals surface area contributed by atoms with Gasteiger partial charge >= 0.3 is 12.1 Å². The zero-order valence-electron chi connectivity index (χ0n) is 11.4. The lowest BCUT2D eigenvalue weighted by atomic mass is 9.89. The van der Waals surface area contributed by atoms with E-state index in [-0.39, 0.29) is 5.92 Å². The highest BCUT2D eigenvalue weighted by Gasteiger charge is 2.43. The summed E-state index contributed by atoms with van der Waals surface area (Å²) in [7, 11) is 0. The lowest BCUT2D eigenvalue weighted by molar-refractivity contribution is -0.146. The predicted molar refractivity (Wildman–Crippen MR) is 71.0 cm³/mol. The number of allylic oxidation sites excluding steroid dienone is 2. The third kappa shape index (κ3) is 3.31. The highest BCUT2D eigenvalue weighted by Crippen LogP contribution is 2.26. The summed E-state index contributed by atoms with van der Waals surface area (Å²) in [6.07, 6.45) is 6.51. The molecule has 2 aliphatic rings. The molecule has 2 N–H and O–H groups in total. The Labute approximate surface area is 117 Å². The fraction of sp³-hybridized carbons (Fsp3) is 0.571. The number of carboxylic acid groups (broad SMARTS) is 1. The van der Waals surface area contributed by atoms with Gasteiger partial charge in [-0.2, -0.15) is 0 Å². The number of rotatable bonds is 6. The number of hydrogen-bond donors (Lipinski definition) is 2.